The number of alkyl carbamates (subject to hydrolysis) is 1. The lowest BCUT2D eigenvalue weighted by atomic mass is 9.99. The van der Waals surface area contributed by atoms with Crippen molar-refractivity contribution >= 4 is 23.6 Å². The Hall–Kier alpha value is -4.43. The van der Waals surface area contributed by atoms with E-state index in [0.717, 1.165) is 4.90 Å². The molecule has 8 heteroatoms. The number of terminal acetylenes is 2. The molecule has 200 valence electrons. The summed E-state index contributed by atoms with van der Waals surface area (Å²) in [7, 11) is 1.54. The summed E-state index contributed by atoms with van der Waals surface area (Å²) in [6.45, 7) is 8.98. The number of nitrogens with one attached hydrogen (secondary N) is 2. The minimum atomic E-state index is -1.21. The van der Waals surface area contributed by atoms with E-state index in [2.05, 4.69) is 22.6 Å². The van der Waals surface area contributed by atoms with E-state index in [1.54, 1.807) is 76.4 Å². The van der Waals surface area contributed by atoms with E-state index < -0.39 is 35.6 Å². The molecule has 0 heterocycles. The molecule has 0 aliphatic heterocycles. The molecule has 0 spiro atoms. The summed E-state index contributed by atoms with van der Waals surface area (Å²) >= 11 is 0. The van der Waals surface area contributed by atoms with Crippen LogP contribution in [0.2, 0.25) is 0 Å². The highest BCUT2D eigenvalue weighted by Crippen LogP contribution is 2.26. The van der Waals surface area contributed by atoms with E-state index in [1.807, 2.05) is 13.8 Å². The Morgan fingerprint density at radius 2 is 1.61 bits per heavy atom. The SMILES string of the molecule is C#Cc1ccc(C(C(=O)Nc2ccc(OC)cc2)N(C#C)C(=O)C(CC(C)C)NC(=O)OC(C)(C)C)cc1. The Kier molecular flexibility index (Phi) is 10.4. The topological polar surface area (TPSA) is 97.0 Å². The highest BCUT2D eigenvalue weighted by atomic mass is 16.6. The first-order valence-corrected chi connectivity index (χ1v) is 12.2. The van der Waals surface area contributed by atoms with Crippen molar-refractivity contribution in [3.63, 3.8) is 0 Å². The second-order valence-electron chi connectivity index (χ2n) is 10.1. The van der Waals surface area contributed by atoms with Gasteiger partial charge in [0.1, 0.15) is 23.4 Å². The van der Waals surface area contributed by atoms with Gasteiger partial charge in [0.15, 0.2) is 0 Å². The van der Waals surface area contributed by atoms with E-state index in [-0.39, 0.29) is 12.3 Å². The lowest BCUT2D eigenvalue weighted by Gasteiger charge is -2.31. The molecule has 3 amide bonds. The van der Waals surface area contributed by atoms with Crippen LogP contribution in [-0.2, 0) is 14.3 Å². The van der Waals surface area contributed by atoms with Gasteiger partial charge in [-0.2, -0.15) is 0 Å². The van der Waals surface area contributed by atoms with Crippen LogP contribution in [0, 0.1) is 30.7 Å². The summed E-state index contributed by atoms with van der Waals surface area (Å²) < 4.78 is 10.5. The van der Waals surface area contributed by atoms with Crippen molar-refractivity contribution in [2.75, 3.05) is 12.4 Å². The van der Waals surface area contributed by atoms with Crippen molar-refractivity contribution in [1.82, 2.24) is 10.2 Å². The standard InChI is InChI=1S/C30H35N3O5/c1-9-21-11-13-22(14-12-21)26(27(34)31-23-15-17-24(37-8)18-16-23)33(10-2)28(35)25(19-20(3)4)32-29(36)38-30(5,6)7/h1-2,11-18,20,25-26H,19H2,3-8H3,(H,31,34)(H,32,36). The van der Waals surface area contributed by atoms with Crippen LogP contribution >= 0.6 is 0 Å². The molecule has 0 saturated heterocycles. The maximum atomic E-state index is 13.8. The van der Waals surface area contributed by atoms with Crippen LogP contribution in [0.1, 0.15) is 58.2 Å². The average molecular weight is 518 g/mol. The summed E-state index contributed by atoms with van der Waals surface area (Å²) in [6, 6.07) is 13.5. The number of carbonyl (C=O) groups excluding carboxylic acids is 3. The summed E-state index contributed by atoms with van der Waals surface area (Å²) in [5, 5.41) is 5.43. The van der Waals surface area contributed by atoms with Gasteiger partial charge in [-0.3, -0.25) is 14.5 Å². The Morgan fingerprint density at radius 1 is 1.00 bits per heavy atom. The number of ether oxygens (including phenoxy) is 2. The molecule has 0 aliphatic rings. The molecule has 2 rings (SSSR count). The number of carbonyl (C=O) groups is 3. The van der Waals surface area contributed by atoms with Gasteiger partial charge in [0.05, 0.1) is 7.11 Å². The molecular weight excluding hydrogens is 482 g/mol. The molecular formula is C30H35N3O5. The Morgan fingerprint density at radius 3 is 2.08 bits per heavy atom. The fraction of sp³-hybridized carbons (Fsp3) is 0.367. The highest BCUT2D eigenvalue weighted by Gasteiger charge is 2.36. The van der Waals surface area contributed by atoms with Crippen LogP contribution in [-0.4, -0.2) is 41.6 Å². The zero-order valence-corrected chi connectivity index (χ0v) is 22.7. The smallest absolute Gasteiger partial charge is 0.408 e. The largest absolute Gasteiger partial charge is 0.497 e. The average Bonchev–Trinajstić information content (AvgIpc) is 2.85. The van der Waals surface area contributed by atoms with Gasteiger partial charge in [0.25, 0.3) is 11.8 Å². The number of hydrogen-bond acceptors (Lipinski definition) is 5. The quantitative estimate of drug-likeness (QED) is 0.371. The first-order valence-electron chi connectivity index (χ1n) is 12.2. The first-order chi connectivity index (χ1) is 17.9. The van der Waals surface area contributed by atoms with Crippen LogP contribution in [0.25, 0.3) is 0 Å². The molecule has 0 bridgehead atoms. The van der Waals surface area contributed by atoms with E-state index >= 15 is 0 Å². The van der Waals surface area contributed by atoms with Gasteiger partial charge in [0.2, 0.25) is 0 Å². The zero-order chi connectivity index (χ0) is 28.5. The Labute approximate surface area is 225 Å². The number of anilines is 1. The van der Waals surface area contributed by atoms with Crippen LogP contribution in [0.5, 0.6) is 5.75 Å². The third-order valence-electron chi connectivity index (χ3n) is 5.33. The fourth-order valence-corrected chi connectivity index (χ4v) is 3.64. The molecule has 2 atom stereocenters. The number of amides is 3. The highest BCUT2D eigenvalue weighted by molar-refractivity contribution is 5.99. The van der Waals surface area contributed by atoms with Gasteiger partial charge >= 0.3 is 6.09 Å². The Balaban J connectivity index is 2.46. The van der Waals surface area contributed by atoms with Gasteiger partial charge in [0, 0.05) is 17.3 Å². The van der Waals surface area contributed by atoms with Crippen molar-refractivity contribution in [3.8, 4) is 30.6 Å². The predicted octanol–water partition coefficient (Wildman–Crippen LogP) is 4.72. The lowest BCUT2D eigenvalue weighted by molar-refractivity contribution is -0.137. The molecule has 2 unspecified atom stereocenters. The lowest BCUT2D eigenvalue weighted by Crippen LogP contribution is -2.51. The molecule has 2 aromatic carbocycles. The molecule has 0 saturated carbocycles. The van der Waals surface area contributed by atoms with Gasteiger partial charge in [-0.25, -0.2) is 4.79 Å². The number of nitrogens with zero attached hydrogens (tertiary/aromatic N) is 1. The van der Waals surface area contributed by atoms with Crippen LogP contribution < -0.4 is 15.4 Å². The summed E-state index contributed by atoms with van der Waals surface area (Å²) in [4.78, 5) is 40.9. The van der Waals surface area contributed by atoms with Crippen LogP contribution in [0.4, 0.5) is 10.5 Å². The zero-order valence-electron chi connectivity index (χ0n) is 22.7. The number of hydrogen-bond donors (Lipinski definition) is 2. The first kappa shape index (κ1) is 29.8. The minimum Gasteiger partial charge on any atom is -0.497 e. The number of rotatable bonds is 9. The normalized spacial score (nSPS) is 12.3. The van der Waals surface area contributed by atoms with Crippen molar-refractivity contribution in [1.29, 1.82) is 0 Å². The Bertz CT molecular complexity index is 1200. The molecule has 0 aliphatic carbocycles. The van der Waals surface area contributed by atoms with Crippen molar-refractivity contribution in [2.45, 2.75) is 58.7 Å². The second kappa shape index (κ2) is 13.2. The van der Waals surface area contributed by atoms with Crippen molar-refractivity contribution in [2.24, 2.45) is 5.92 Å². The molecule has 0 fully saturated rings. The molecule has 8 nitrogen and oxygen atoms in total. The molecule has 38 heavy (non-hydrogen) atoms. The summed E-state index contributed by atoms with van der Waals surface area (Å²) in [5.41, 5.74) is 0.768. The van der Waals surface area contributed by atoms with Crippen LogP contribution in [0.15, 0.2) is 48.5 Å². The number of benzene rings is 2. The minimum absolute atomic E-state index is 0.0278. The predicted molar refractivity (Wildman–Crippen MR) is 147 cm³/mol. The van der Waals surface area contributed by atoms with Crippen molar-refractivity contribution in [3.05, 3.63) is 59.7 Å². The third-order valence-corrected chi connectivity index (χ3v) is 5.33. The van der Waals surface area contributed by atoms with E-state index in [1.165, 1.54) is 0 Å². The van der Waals surface area contributed by atoms with E-state index in [4.69, 9.17) is 22.3 Å². The maximum absolute atomic E-state index is 13.8. The van der Waals surface area contributed by atoms with Crippen molar-refractivity contribution < 1.29 is 23.9 Å². The molecule has 0 radical (unpaired) electrons. The van der Waals surface area contributed by atoms with E-state index in [9.17, 15) is 14.4 Å². The van der Waals surface area contributed by atoms with Gasteiger partial charge < -0.3 is 20.1 Å². The van der Waals surface area contributed by atoms with Gasteiger partial charge in [-0.15, -0.1) is 6.42 Å². The number of methoxy groups -OCH3 is 1. The monoisotopic (exact) mass is 517 g/mol. The molecule has 2 N–H and O–H groups in total. The van der Waals surface area contributed by atoms with Crippen LogP contribution in [0.3, 0.4) is 0 Å². The second-order valence-corrected chi connectivity index (χ2v) is 10.1. The van der Waals surface area contributed by atoms with Gasteiger partial charge in [-0.1, -0.05) is 38.3 Å². The molecule has 0 aromatic heterocycles. The third kappa shape index (κ3) is 8.60. The molecule has 2 aromatic rings. The van der Waals surface area contributed by atoms with Gasteiger partial charge in [-0.05, 0) is 75.1 Å². The summed E-state index contributed by atoms with van der Waals surface area (Å²) in [5.74, 6) is 2.00. The fourth-order valence-electron chi connectivity index (χ4n) is 3.64. The summed E-state index contributed by atoms with van der Waals surface area (Å²) in [6.07, 6.45) is 10.8. The van der Waals surface area contributed by atoms with E-state index in [0.29, 0.717) is 22.6 Å². The maximum Gasteiger partial charge on any atom is 0.408 e.